The van der Waals surface area contributed by atoms with Crippen molar-refractivity contribution in [1.29, 1.82) is 0 Å². The molecule has 1 aliphatic heterocycles. The van der Waals surface area contributed by atoms with Gasteiger partial charge in [0.2, 0.25) is 5.91 Å². The lowest BCUT2D eigenvalue weighted by molar-refractivity contribution is -0.192. The van der Waals surface area contributed by atoms with Crippen LogP contribution in [0.3, 0.4) is 0 Å². The summed E-state index contributed by atoms with van der Waals surface area (Å²) in [6, 6.07) is 12.6. The number of amides is 2. The Balaban J connectivity index is 0.000000479. The molecule has 3 aromatic rings. The maximum atomic E-state index is 12.7. The number of nitrogens with two attached hydrogens (primary N) is 2. The second-order valence-electron chi connectivity index (χ2n) is 8.22. The molecule has 2 heterocycles. The van der Waals surface area contributed by atoms with Gasteiger partial charge in [-0.15, -0.1) is 0 Å². The van der Waals surface area contributed by atoms with Crippen LogP contribution in [-0.4, -0.2) is 58.6 Å². The standard InChI is InChI=1S/C23H24N4O3.C2HF3O2/c24-21-20-14-18(5-3-15(20)7-9-26-21)30-12-8-16-13-17(4-6-19(16)22(25)28)23(29)27-10-1-2-11-27;3-2(4,5)1(6)7/h3-7,9,13-14H,1-2,8,10-12H2,(H2,24,26)(H2,25,28);(H,6,7). The highest BCUT2D eigenvalue weighted by Crippen LogP contribution is 2.24. The highest BCUT2D eigenvalue weighted by molar-refractivity contribution is 5.98. The SMILES string of the molecule is NC(=O)c1ccc(C(=O)N2CCCC2)cc1CCOc1ccc2ccnc(N)c2c1.O=C(O)C(F)(F)F. The number of rotatable bonds is 6. The van der Waals surface area contributed by atoms with Crippen molar-refractivity contribution < 1.29 is 37.4 Å². The van der Waals surface area contributed by atoms with E-state index in [0.717, 1.165) is 36.7 Å². The molecule has 5 N–H and O–H groups in total. The number of carboxylic acid groups (broad SMARTS) is 1. The fourth-order valence-corrected chi connectivity index (χ4v) is 3.82. The molecule has 4 rings (SSSR count). The zero-order valence-corrected chi connectivity index (χ0v) is 19.6. The fourth-order valence-electron chi connectivity index (χ4n) is 3.82. The number of pyridine rings is 1. The van der Waals surface area contributed by atoms with Crippen LogP contribution in [0.2, 0.25) is 0 Å². The number of carbonyl (C=O) groups excluding carboxylic acids is 2. The maximum Gasteiger partial charge on any atom is 0.490 e. The summed E-state index contributed by atoms with van der Waals surface area (Å²) in [7, 11) is 0. The molecular weight excluding hydrogens is 493 g/mol. The fraction of sp³-hybridized carbons (Fsp3) is 0.280. The average Bonchev–Trinajstić information content (AvgIpc) is 3.39. The molecular formula is C25H25F3N4O5. The van der Waals surface area contributed by atoms with Crippen molar-refractivity contribution in [3.05, 3.63) is 65.4 Å². The van der Waals surface area contributed by atoms with Crippen LogP contribution in [0.25, 0.3) is 10.8 Å². The van der Waals surface area contributed by atoms with Crippen LogP contribution in [0.15, 0.2) is 48.7 Å². The van der Waals surface area contributed by atoms with Gasteiger partial charge in [0.15, 0.2) is 0 Å². The number of aliphatic carboxylic acids is 1. The molecule has 0 saturated carbocycles. The molecule has 0 spiro atoms. The van der Waals surface area contributed by atoms with Gasteiger partial charge in [0, 0.05) is 42.2 Å². The number of carboxylic acids is 1. The number of ether oxygens (including phenoxy) is 1. The van der Waals surface area contributed by atoms with E-state index in [1.54, 1.807) is 24.4 Å². The molecule has 2 amide bonds. The quantitative estimate of drug-likeness (QED) is 0.453. The average molecular weight is 518 g/mol. The van der Waals surface area contributed by atoms with E-state index >= 15 is 0 Å². The number of primary amides is 1. The molecule has 9 nitrogen and oxygen atoms in total. The number of nitrogen functional groups attached to an aromatic ring is 1. The van der Waals surface area contributed by atoms with Crippen molar-refractivity contribution in [3.8, 4) is 5.75 Å². The lowest BCUT2D eigenvalue weighted by Crippen LogP contribution is -2.28. The third kappa shape index (κ3) is 7.09. The van der Waals surface area contributed by atoms with Crippen molar-refractivity contribution in [2.45, 2.75) is 25.4 Å². The number of aromatic nitrogens is 1. The minimum Gasteiger partial charge on any atom is -0.493 e. The number of alkyl halides is 3. The molecule has 37 heavy (non-hydrogen) atoms. The van der Waals surface area contributed by atoms with Gasteiger partial charge in [-0.1, -0.05) is 6.07 Å². The Bertz CT molecular complexity index is 1310. The summed E-state index contributed by atoms with van der Waals surface area (Å²) in [5.41, 5.74) is 13.1. The van der Waals surface area contributed by atoms with Crippen molar-refractivity contribution in [2.75, 3.05) is 25.4 Å². The van der Waals surface area contributed by atoms with Crippen LogP contribution < -0.4 is 16.2 Å². The minimum atomic E-state index is -5.08. The first-order chi connectivity index (χ1) is 17.5. The smallest absolute Gasteiger partial charge is 0.490 e. The van der Waals surface area contributed by atoms with Crippen LogP contribution in [0.5, 0.6) is 5.75 Å². The largest absolute Gasteiger partial charge is 0.493 e. The zero-order chi connectivity index (χ0) is 27.2. The van der Waals surface area contributed by atoms with E-state index in [1.165, 1.54) is 0 Å². The number of carbonyl (C=O) groups is 3. The Kier molecular flexibility index (Phi) is 8.53. The summed E-state index contributed by atoms with van der Waals surface area (Å²) in [6.07, 6.45) is -0.921. The van der Waals surface area contributed by atoms with Crippen molar-refractivity contribution in [1.82, 2.24) is 9.88 Å². The van der Waals surface area contributed by atoms with E-state index in [2.05, 4.69) is 4.98 Å². The summed E-state index contributed by atoms with van der Waals surface area (Å²) in [5.74, 6) is -2.18. The van der Waals surface area contributed by atoms with E-state index < -0.39 is 18.1 Å². The number of nitrogens with zero attached hydrogens (tertiary/aromatic N) is 2. The summed E-state index contributed by atoms with van der Waals surface area (Å²) in [6.45, 7) is 1.87. The summed E-state index contributed by atoms with van der Waals surface area (Å²) in [4.78, 5) is 39.4. The molecule has 196 valence electrons. The Morgan fingerprint density at radius 2 is 1.73 bits per heavy atom. The Morgan fingerprint density at radius 3 is 2.35 bits per heavy atom. The number of hydrogen-bond donors (Lipinski definition) is 3. The first-order valence-corrected chi connectivity index (χ1v) is 11.3. The van der Waals surface area contributed by atoms with E-state index in [1.807, 2.05) is 29.2 Å². The summed E-state index contributed by atoms with van der Waals surface area (Å²) in [5, 5.41) is 8.94. The number of anilines is 1. The van der Waals surface area contributed by atoms with Gasteiger partial charge in [0.25, 0.3) is 5.91 Å². The van der Waals surface area contributed by atoms with Gasteiger partial charge in [-0.2, -0.15) is 13.2 Å². The van der Waals surface area contributed by atoms with Crippen LogP contribution in [0.1, 0.15) is 39.1 Å². The van der Waals surface area contributed by atoms with Crippen LogP contribution in [0.4, 0.5) is 19.0 Å². The summed E-state index contributed by atoms with van der Waals surface area (Å²) < 4.78 is 37.6. The summed E-state index contributed by atoms with van der Waals surface area (Å²) >= 11 is 0. The Morgan fingerprint density at radius 1 is 1.05 bits per heavy atom. The molecule has 1 fully saturated rings. The second-order valence-corrected chi connectivity index (χ2v) is 8.22. The van der Waals surface area contributed by atoms with E-state index in [9.17, 15) is 22.8 Å². The molecule has 1 aliphatic rings. The molecule has 0 radical (unpaired) electrons. The van der Waals surface area contributed by atoms with Crippen LogP contribution in [-0.2, 0) is 11.2 Å². The highest BCUT2D eigenvalue weighted by atomic mass is 19.4. The number of benzene rings is 2. The number of likely N-dealkylation sites (tertiary alicyclic amines) is 1. The van der Waals surface area contributed by atoms with E-state index in [4.69, 9.17) is 26.1 Å². The monoisotopic (exact) mass is 518 g/mol. The van der Waals surface area contributed by atoms with Gasteiger partial charge >= 0.3 is 12.1 Å². The van der Waals surface area contributed by atoms with Gasteiger partial charge in [0.05, 0.1) is 6.61 Å². The normalized spacial score (nSPS) is 13.1. The first-order valence-electron chi connectivity index (χ1n) is 11.3. The molecule has 1 aromatic heterocycles. The van der Waals surface area contributed by atoms with E-state index in [0.29, 0.717) is 41.3 Å². The van der Waals surface area contributed by atoms with Crippen molar-refractivity contribution in [3.63, 3.8) is 0 Å². The van der Waals surface area contributed by atoms with Gasteiger partial charge in [-0.05, 0) is 60.2 Å². The molecule has 12 heteroatoms. The first kappa shape index (κ1) is 27.2. The maximum absolute atomic E-state index is 12.7. The molecule has 0 atom stereocenters. The van der Waals surface area contributed by atoms with Gasteiger partial charge < -0.3 is 26.2 Å². The minimum absolute atomic E-state index is 0.0109. The highest BCUT2D eigenvalue weighted by Gasteiger charge is 2.38. The zero-order valence-electron chi connectivity index (χ0n) is 19.6. The van der Waals surface area contributed by atoms with Gasteiger partial charge in [-0.3, -0.25) is 9.59 Å². The number of hydrogen-bond acceptors (Lipinski definition) is 6. The lowest BCUT2D eigenvalue weighted by atomic mass is 10.0. The predicted octanol–water partition coefficient (Wildman–Crippen LogP) is 3.41. The molecule has 2 aromatic carbocycles. The van der Waals surface area contributed by atoms with Crippen molar-refractivity contribution in [2.24, 2.45) is 5.73 Å². The van der Waals surface area contributed by atoms with Crippen molar-refractivity contribution >= 4 is 34.4 Å². The van der Waals surface area contributed by atoms with Gasteiger partial charge in [-0.25, -0.2) is 9.78 Å². The Labute approximate surface area is 209 Å². The number of halogens is 3. The molecule has 0 unspecified atom stereocenters. The predicted molar refractivity (Wildman–Crippen MR) is 129 cm³/mol. The Hall–Kier alpha value is -4.35. The topological polar surface area (TPSA) is 149 Å². The second kappa shape index (κ2) is 11.6. The van der Waals surface area contributed by atoms with E-state index in [-0.39, 0.29) is 5.91 Å². The van der Waals surface area contributed by atoms with Crippen LogP contribution in [0, 0.1) is 0 Å². The third-order valence-corrected chi connectivity index (χ3v) is 5.66. The molecule has 0 aliphatic carbocycles. The number of fused-ring (bicyclic) bond motifs is 1. The molecule has 0 bridgehead atoms. The van der Waals surface area contributed by atoms with Gasteiger partial charge in [0.1, 0.15) is 11.6 Å². The van der Waals surface area contributed by atoms with Crippen LogP contribution >= 0.6 is 0 Å². The lowest BCUT2D eigenvalue weighted by Gasteiger charge is -2.17. The third-order valence-electron chi connectivity index (χ3n) is 5.66. The molecule has 1 saturated heterocycles.